The number of nitrogens with one attached hydrogen (secondary N) is 1. The summed E-state index contributed by atoms with van der Waals surface area (Å²) in [6.07, 6.45) is 0.708. The van der Waals surface area contributed by atoms with Gasteiger partial charge in [0.25, 0.3) is 0 Å². The molecular weight excluding hydrogens is 247 g/mol. The van der Waals surface area contributed by atoms with Crippen molar-refractivity contribution in [1.82, 2.24) is 10.2 Å². The zero-order valence-electron chi connectivity index (χ0n) is 9.26. The molecule has 0 aromatic heterocycles. The normalized spacial score (nSPS) is 10.0. The number of amides is 2. The molecule has 0 aliphatic rings. The summed E-state index contributed by atoms with van der Waals surface area (Å²) < 4.78 is 0. The smallest absolute Gasteiger partial charge is 0.316 e. The van der Waals surface area contributed by atoms with E-state index in [0.29, 0.717) is 23.0 Å². The molecule has 0 saturated heterocycles. The van der Waals surface area contributed by atoms with Crippen LogP contribution in [-0.2, 0) is 6.42 Å². The predicted molar refractivity (Wildman–Crippen MR) is 67.3 cm³/mol. The first-order valence-electron chi connectivity index (χ1n) is 4.89. The van der Waals surface area contributed by atoms with Crippen molar-refractivity contribution in [3.05, 3.63) is 33.8 Å². The SMILES string of the molecule is CN(C)C(=O)NCCc1cc(Cl)cc(Cl)c1. The summed E-state index contributed by atoms with van der Waals surface area (Å²) in [5, 5.41) is 4.00. The predicted octanol–water partition coefficient (Wildman–Crippen LogP) is 2.81. The van der Waals surface area contributed by atoms with E-state index in [4.69, 9.17) is 23.2 Å². The Morgan fingerprint density at radius 1 is 1.25 bits per heavy atom. The fourth-order valence-electron chi connectivity index (χ4n) is 1.23. The summed E-state index contributed by atoms with van der Waals surface area (Å²) in [5.74, 6) is 0. The lowest BCUT2D eigenvalue weighted by atomic mass is 10.1. The number of carbonyl (C=O) groups is 1. The Bertz CT molecular complexity index is 360. The molecule has 1 aromatic carbocycles. The Morgan fingerprint density at radius 3 is 2.31 bits per heavy atom. The highest BCUT2D eigenvalue weighted by atomic mass is 35.5. The average molecular weight is 261 g/mol. The highest BCUT2D eigenvalue weighted by Crippen LogP contribution is 2.19. The van der Waals surface area contributed by atoms with Crippen molar-refractivity contribution in [3.8, 4) is 0 Å². The molecule has 0 heterocycles. The Hall–Kier alpha value is -0.930. The first kappa shape index (κ1) is 13.1. The van der Waals surface area contributed by atoms with Crippen LogP contribution >= 0.6 is 23.2 Å². The second-order valence-corrected chi connectivity index (χ2v) is 4.53. The van der Waals surface area contributed by atoms with E-state index in [0.717, 1.165) is 5.56 Å². The Kier molecular flexibility index (Phi) is 4.90. The van der Waals surface area contributed by atoms with Gasteiger partial charge in [-0.3, -0.25) is 0 Å². The first-order valence-corrected chi connectivity index (χ1v) is 5.65. The summed E-state index contributed by atoms with van der Waals surface area (Å²) in [5.41, 5.74) is 1.01. The van der Waals surface area contributed by atoms with Crippen LogP contribution in [0, 0.1) is 0 Å². The van der Waals surface area contributed by atoms with E-state index < -0.39 is 0 Å². The third-order valence-electron chi connectivity index (χ3n) is 2.02. The van der Waals surface area contributed by atoms with Crippen LogP contribution in [0.1, 0.15) is 5.56 Å². The van der Waals surface area contributed by atoms with Gasteiger partial charge in [0.15, 0.2) is 0 Å². The Labute approximate surface area is 105 Å². The summed E-state index contributed by atoms with van der Waals surface area (Å²) in [6, 6.07) is 5.27. The van der Waals surface area contributed by atoms with Gasteiger partial charge < -0.3 is 10.2 Å². The van der Waals surface area contributed by atoms with Crippen molar-refractivity contribution in [3.63, 3.8) is 0 Å². The van der Waals surface area contributed by atoms with Gasteiger partial charge in [-0.1, -0.05) is 23.2 Å². The van der Waals surface area contributed by atoms with Crippen LogP contribution in [0.5, 0.6) is 0 Å². The number of carbonyl (C=O) groups excluding carboxylic acids is 1. The van der Waals surface area contributed by atoms with Gasteiger partial charge in [-0.05, 0) is 30.2 Å². The molecule has 0 aliphatic heterocycles. The second-order valence-electron chi connectivity index (χ2n) is 3.65. The molecule has 16 heavy (non-hydrogen) atoms. The molecule has 1 aromatic rings. The second kappa shape index (κ2) is 5.97. The fourth-order valence-corrected chi connectivity index (χ4v) is 1.80. The van der Waals surface area contributed by atoms with Crippen LogP contribution < -0.4 is 5.32 Å². The van der Waals surface area contributed by atoms with Crippen LogP contribution in [0.3, 0.4) is 0 Å². The van der Waals surface area contributed by atoms with E-state index in [-0.39, 0.29) is 6.03 Å². The number of urea groups is 1. The van der Waals surface area contributed by atoms with Crippen LogP contribution in [-0.4, -0.2) is 31.6 Å². The molecule has 0 aliphatic carbocycles. The fraction of sp³-hybridized carbons (Fsp3) is 0.364. The maximum absolute atomic E-state index is 11.2. The van der Waals surface area contributed by atoms with Crippen molar-refractivity contribution in [2.45, 2.75) is 6.42 Å². The van der Waals surface area contributed by atoms with Crippen LogP contribution in [0.2, 0.25) is 10.0 Å². The van der Waals surface area contributed by atoms with Crippen LogP contribution in [0.25, 0.3) is 0 Å². The number of nitrogens with zero attached hydrogens (tertiary/aromatic N) is 1. The molecule has 2 amide bonds. The Balaban J connectivity index is 2.46. The van der Waals surface area contributed by atoms with Gasteiger partial charge in [0.2, 0.25) is 0 Å². The minimum Gasteiger partial charge on any atom is -0.338 e. The van der Waals surface area contributed by atoms with Crippen molar-refractivity contribution >= 4 is 29.2 Å². The van der Waals surface area contributed by atoms with Gasteiger partial charge in [0.05, 0.1) is 0 Å². The molecule has 0 fully saturated rings. The maximum Gasteiger partial charge on any atom is 0.316 e. The minimum atomic E-state index is -0.104. The van der Waals surface area contributed by atoms with E-state index in [9.17, 15) is 4.79 Å². The van der Waals surface area contributed by atoms with Crippen molar-refractivity contribution < 1.29 is 4.79 Å². The van der Waals surface area contributed by atoms with Crippen LogP contribution in [0.15, 0.2) is 18.2 Å². The van der Waals surface area contributed by atoms with Crippen molar-refractivity contribution in [1.29, 1.82) is 0 Å². The van der Waals surface area contributed by atoms with Gasteiger partial charge in [-0.25, -0.2) is 4.79 Å². The first-order chi connectivity index (χ1) is 7.49. The molecule has 0 unspecified atom stereocenters. The number of halogens is 2. The lowest BCUT2D eigenvalue weighted by molar-refractivity contribution is 0.217. The molecule has 0 spiro atoms. The van der Waals surface area contributed by atoms with Crippen molar-refractivity contribution in [2.24, 2.45) is 0 Å². The molecule has 3 nitrogen and oxygen atoms in total. The van der Waals surface area contributed by atoms with E-state index in [1.54, 1.807) is 20.2 Å². The zero-order chi connectivity index (χ0) is 12.1. The molecule has 1 N–H and O–H groups in total. The number of benzene rings is 1. The van der Waals surface area contributed by atoms with E-state index >= 15 is 0 Å². The van der Waals surface area contributed by atoms with Gasteiger partial charge in [-0.2, -0.15) is 0 Å². The Morgan fingerprint density at radius 2 is 1.81 bits per heavy atom. The number of hydrogen-bond donors (Lipinski definition) is 1. The van der Waals surface area contributed by atoms with E-state index in [1.165, 1.54) is 4.90 Å². The third-order valence-corrected chi connectivity index (χ3v) is 2.45. The molecule has 0 radical (unpaired) electrons. The van der Waals surface area contributed by atoms with Gasteiger partial charge in [0, 0.05) is 30.7 Å². The minimum absolute atomic E-state index is 0.104. The lowest BCUT2D eigenvalue weighted by Gasteiger charge is -2.11. The standard InChI is InChI=1S/C11H14Cl2N2O/c1-15(2)11(16)14-4-3-8-5-9(12)7-10(13)6-8/h5-7H,3-4H2,1-2H3,(H,14,16). The topological polar surface area (TPSA) is 32.3 Å². The maximum atomic E-state index is 11.2. The molecule has 1 rings (SSSR count). The van der Waals surface area contributed by atoms with E-state index in [2.05, 4.69) is 5.32 Å². The molecule has 0 atom stereocenters. The zero-order valence-corrected chi connectivity index (χ0v) is 10.8. The lowest BCUT2D eigenvalue weighted by Crippen LogP contribution is -2.35. The summed E-state index contributed by atoms with van der Waals surface area (Å²) in [4.78, 5) is 12.7. The quantitative estimate of drug-likeness (QED) is 0.891. The molecule has 5 heteroatoms. The average Bonchev–Trinajstić information content (AvgIpc) is 2.15. The summed E-state index contributed by atoms with van der Waals surface area (Å²) >= 11 is 11.7. The molecule has 0 saturated carbocycles. The highest BCUT2D eigenvalue weighted by Gasteiger charge is 2.02. The van der Waals surface area contributed by atoms with Gasteiger partial charge in [0.1, 0.15) is 0 Å². The third kappa shape index (κ3) is 4.29. The summed E-state index contributed by atoms with van der Waals surface area (Å²) in [6.45, 7) is 0.563. The molecular formula is C11H14Cl2N2O. The van der Waals surface area contributed by atoms with Crippen LogP contribution in [0.4, 0.5) is 4.79 Å². The number of rotatable bonds is 3. The summed E-state index contributed by atoms with van der Waals surface area (Å²) in [7, 11) is 3.40. The van der Waals surface area contributed by atoms with Gasteiger partial charge in [-0.15, -0.1) is 0 Å². The van der Waals surface area contributed by atoms with Crippen molar-refractivity contribution in [2.75, 3.05) is 20.6 Å². The highest BCUT2D eigenvalue weighted by molar-refractivity contribution is 6.34. The largest absolute Gasteiger partial charge is 0.338 e. The number of hydrogen-bond acceptors (Lipinski definition) is 1. The van der Waals surface area contributed by atoms with Gasteiger partial charge >= 0.3 is 6.03 Å². The molecule has 0 bridgehead atoms. The van der Waals surface area contributed by atoms with E-state index in [1.807, 2.05) is 12.1 Å². The monoisotopic (exact) mass is 260 g/mol. The molecule has 88 valence electrons.